The lowest BCUT2D eigenvalue weighted by molar-refractivity contribution is -0.140. The monoisotopic (exact) mass is 317 g/mol. The molecule has 0 bridgehead atoms. The maximum absolute atomic E-state index is 12.3. The van der Waals surface area contributed by atoms with Crippen molar-refractivity contribution in [2.45, 2.75) is 19.8 Å². The molecule has 0 saturated carbocycles. The molecule has 0 saturated heterocycles. The highest BCUT2D eigenvalue weighted by molar-refractivity contribution is 5.94. The predicted octanol–water partition coefficient (Wildman–Crippen LogP) is 2.07. The summed E-state index contributed by atoms with van der Waals surface area (Å²) in [5, 5.41) is 3.73. The molecule has 0 atom stereocenters. The lowest BCUT2D eigenvalue weighted by Crippen LogP contribution is -2.28. The van der Waals surface area contributed by atoms with Gasteiger partial charge < -0.3 is 14.2 Å². The summed E-state index contributed by atoms with van der Waals surface area (Å²) in [4.78, 5) is 29.1. The van der Waals surface area contributed by atoms with Crippen LogP contribution in [0.3, 0.4) is 0 Å². The van der Waals surface area contributed by atoms with Crippen LogP contribution in [-0.4, -0.2) is 47.6 Å². The van der Waals surface area contributed by atoms with Crippen LogP contribution in [0.25, 0.3) is 11.5 Å². The minimum Gasteiger partial charge on any atom is -0.469 e. The standard InChI is InChI=1S/C16H19N3O4/c1-11-17-15(23-18-11)12-6-8-13(9-7-12)16(21)19(2)10-4-5-14(20)22-3/h6-9H,4-5,10H2,1-3H3. The number of nitrogens with zero attached hydrogens (tertiary/aromatic N) is 3. The van der Waals surface area contributed by atoms with E-state index < -0.39 is 0 Å². The van der Waals surface area contributed by atoms with E-state index in [1.165, 1.54) is 7.11 Å². The Hall–Kier alpha value is -2.70. The van der Waals surface area contributed by atoms with Gasteiger partial charge in [0.2, 0.25) is 0 Å². The number of carbonyl (C=O) groups is 2. The first-order chi connectivity index (χ1) is 11.0. The van der Waals surface area contributed by atoms with Crippen molar-refractivity contribution in [2.24, 2.45) is 0 Å². The van der Waals surface area contributed by atoms with Crippen LogP contribution in [0.4, 0.5) is 0 Å². The zero-order chi connectivity index (χ0) is 16.8. The molecule has 122 valence electrons. The summed E-state index contributed by atoms with van der Waals surface area (Å²) in [5.41, 5.74) is 1.32. The van der Waals surface area contributed by atoms with Gasteiger partial charge in [0.15, 0.2) is 5.82 Å². The minimum atomic E-state index is -0.273. The van der Waals surface area contributed by atoms with Crippen molar-refractivity contribution in [1.29, 1.82) is 0 Å². The molecule has 0 aliphatic carbocycles. The molecule has 1 aromatic carbocycles. The number of ether oxygens (including phenoxy) is 1. The van der Waals surface area contributed by atoms with E-state index in [9.17, 15) is 9.59 Å². The lowest BCUT2D eigenvalue weighted by atomic mass is 10.1. The van der Waals surface area contributed by atoms with Gasteiger partial charge in [-0.3, -0.25) is 9.59 Å². The van der Waals surface area contributed by atoms with Gasteiger partial charge in [0.25, 0.3) is 11.8 Å². The quantitative estimate of drug-likeness (QED) is 0.758. The summed E-state index contributed by atoms with van der Waals surface area (Å²) in [6, 6.07) is 6.97. The molecule has 0 aliphatic rings. The summed E-state index contributed by atoms with van der Waals surface area (Å²) in [6.07, 6.45) is 0.859. The Bertz CT molecular complexity index is 679. The number of hydrogen-bond acceptors (Lipinski definition) is 6. The van der Waals surface area contributed by atoms with Crippen molar-refractivity contribution in [3.05, 3.63) is 35.7 Å². The summed E-state index contributed by atoms with van der Waals surface area (Å²) in [6.45, 7) is 2.23. The normalized spacial score (nSPS) is 10.4. The van der Waals surface area contributed by atoms with Gasteiger partial charge in [-0.1, -0.05) is 5.16 Å². The zero-order valence-corrected chi connectivity index (χ0v) is 13.4. The molecule has 1 heterocycles. The number of rotatable bonds is 6. The molecule has 0 fully saturated rings. The number of aromatic nitrogens is 2. The van der Waals surface area contributed by atoms with Gasteiger partial charge >= 0.3 is 5.97 Å². The first-order valence-electron chi connectivity index (χ1n) is 7.24. The van der Waals surface area contributed by atoms with E-state index in [4.69, 9.17) is 4.52 Å². The van der Waals surface area contributed by atoms with Crippen LogP contribution in [0.2, 0.25) is 0 Å². The Morgan fingerprint density at radius 2 is 1.96 bits per heavy atom. The van der Waals surface area contributed by atoms with Gasteiger partial charge in [-0.25, -0.2) is 0 Å². The molecule has 0 aliphatic heterocycles. The number of esters is 1. The summed E-state index contributed by atoms with van der Waals surface area (Å²) >= 11 is 0. The van der Waals surface area contributed by atoms with Crippen molar-refractivity contribution in [3.63, 3.8) is 0 Å². The molecule has 0 spiro atoms. The molecule has 0 radical (unpaired) electrons. The number of hydrogen-bond donors (Lipinski definition) is 0. The van der Waals surface area contributed by atoms with E-state index in [2.05, 4.69) is 14.9 Å². The van der Waals surface area contributed by atoms with E-state index >= 15 is 0 Å². The Morgan fingerprint density at radius 1 is 1.26 bits per heavy atom. The van der Waals surface area contributed by atoms with Crippen LogP contribution < -0.4 is 0 Å². The van der Waals surface area contributed by atoms with Crippen molar-refractivity contribution in [3.8, 4) is 11.5 Å². The third-order valence-corrected chi connectivity index (χ3v) is 3.36. The first-order valence-corrected chi connectivity index (χ1v) is 7.24. The smallest absolute Gasteiger partial charge is 0.305 e. The fourth-order valence-corrected chi connectivity index (χ4v) is 2.05. The fraction of sp³-hybridized carbons (Fsp3) is 0.375. The second kappa shape index (κ2) is 7.53. The van der Waals surface area contributed by atoms with Gasteiger partial charge in [-0.2, -0.15) is 4.98 Å². The minimum absolute atomic E-state index is 0.108. The zero-order valence-electron chi connectivity index (χ0n) is 13.4. The SMILES string of the molecule is COC(=O)CCCN(C)C(=O)c1ccc(-c2nc(C)no2)cc1. The fourth-order valence-electron chi connectivity index (χ4n) is 2.05. The van der Waals surface area contributed by atoms with Crippen LogP contribution in [0, 0.1) is 6.92 Å². The van der Waals surface area contributed by atoms with E-state index in [1.54, 1.807) is 43.1 Å². The highest BCUT2D eigenvalue weighted by Gasteiger charge is 2.13. The van der Waals surface area contributed by atoms with Crippen molar-refractivity contribution in [1.82, 2.24) is 15.0 Å². The molecule has 2 rings (SSSR count). The molecular weight excluding hydrogens is 298 g/mol. The molecule has 1 amide bonds. The van der Waals surface area contributed by atoms with E-state index in [0.717, 1.165) is 5.56 Å². The van der Waals surface area contributed by atoms with Gasteiger partial charge in [0, 0.05) is 31.1 Å². The Kier molecular flexibility index (Phi) is 5.46. The maximum atomic E-state index is 12.3. The number of benzene rings is 1. The lowest BCUT2D eigenvalue weighted by Gasteiger charge is -2.16. The van der Waals surface area contributed by atoms with E-state index in [0.29, 0.717) is 36.7 Å². The Balaban J connectivity index is 1.95. The second-order valence-electron chi connectivity index (χ2n) is 5.13. The number of methoxy groups -OCH3 is 1. The molecule has 2 aromatic rings. The molecule has 7 heteroatoms. The van der Waals surface area contributed by atoms with Crippen LogP contribution in [-0.2, 0) is 9.53 Å². The highest BCUT2D eigenvalue weighted by Crippen LogP contribution is 2.18. The Labute approximate surface area is 134 Å². The third-order valence-electron chi connectivity index (χ3n) is 3.36. The molecule has 1 aromatic heterocycles. The van der Waals surface area contributed by atoms with E-state index in [-0.39, 0.29) is 11.9 Å². The molecule has 0 N–H and O–H groups in total. The summed E-state index contributed by atoms with van der Waals surface area (Å²) in [7, 11) is 3.05. The largest absolute Gasteiger partial charge is 0.469 e. The molecular formula is C16H19N3O4. The van der Waals surface area contributed by atoms with Gasteiger partial charge in [-0.05, 0) is 37.6 Å². The first kappa shape index (κ1) is 16.7. The molecule has 0 unspecified atom stereocenters. The second-order valence-corrected chi connectivity index (χ2v) is 5.13. The van der Waals surface area contributed by atoms with Crippen LogP contribution in [0.15, 0.2) is 28.8 Å². The van der Waals surface area contributed by atoms with Gasteiger partial charge in [0.1, 0.15) is 0 Å². The van der Waals surface area contributed by atoms with Gasteiger partial charge in [-0.15, -0.1) is 0 Å². The highest BCUT2D eigenvalue weighted by atomic mass is 16.5. The topological polar surface area (TPSA) is 85.5 Å². The number of carbonyl (C=O) groups excluding carboxylic acids is 2. The molecule has 7 nitrogen and oxygen atoms in total. The van der Waals surface area contributed by atoms with Gasteiger partial charge in [0.05, 0.1) is 7.11 Å². The van der Waals surface area contributed by atoms with Crippen molar-refractivity contribution < 1.29 is 18.8 Å². The predicted molar refractivity (Wildman–Crippen MR) is 82.7 cm³/mol. The summed E-state index contributed by atoms with van der Waals surface area (Å²) in [5.74, 6) is 0.603. The average molecular weight is 317 g/mol. The number of aryl methyl sites for hydroxylation is 1. The van der Waals surface area contributed by atoms with Crippen LogP contribution in [0.1, 0.15) is 29.0 Å². The van der Waals surface area contributed by atoms with Crippen molar-refractivity contribution in [2.75, 3.05) is 20.7 Å². The van der Waals surface area contributed by atoms with E-state index in [1.807, 2.05) is 0 Å². The molecule has 23 heavy (non-hydrogen) atoms. The third kappa shape index (κ3) is 4.38. The number of amides is 1. The Morgan fingerprint density at radius 3 is 2.52 bits per heavy atom. The maximum Gasteiger partial charge on any atom is 0.305 e. The van der Waals surface area contributed by atoms with Crippen LogP contribution in [0.5, 0.6) is 0 Å². The van der Waals surface area contributed by atoms with Crippen molar-refractivity contribution >= 4 is 11.9 Å². The van der Waals surface area contributed by atoms with Crippen LogP contribution >= 0.6 is 0 Å². The summed E-state index contributed by atoms with van der Waals surface area (Å²) < 4.78 is 9.66. The average Bonchev–Trinajstić information content (AvgIpc) is 3.00.